The van der Waals surface area contributed by atoms with Gasteiger partial charge in [0.1, 0.15) is 0 Å². The highest BCUT2D eigenvalue weighted by molar-refractivity contribution is 5.79. The summed E-state index contributed by atoms with van der Waals surface area (Å²) in [4.78, 5) is 30.9. The molecule has 3 rings (SSSR count). The second kappa shape index (κ2) is 10.2. The van der Waals surface area contributed by atoms with Crippen molar-refractivity contribution in [1.29, 1.82) is 0 Å². The molecule has 0 spiro atoms. The first-order valence-corrected chi connectivity index (χ1v) is 11.0. The van der Waals surface area contributed by atoms with E-state index in [1.807, 2.05) is 4.90 Å². The summed E-state index contributed by atoms with van der Waals surface area (Å²) in [7, 11) is 2.15. The van der Waals surface area contributed by atoms with Crippen LogP contribution in [0.25, 0.3) is 0 Å². The predicted molar refractivity (Wildman–Crippen MR) is 114 cm³/mol. The molecule has 0 bridgehead atoms. The number of piperazine rings is 1. The molecule has 1 amide bonds. The van der Waals surface area contributed by atoms with Crippen molar-refractivity contribution < 1.29 is 14.7 Å². The topological polar surface area (TPSA) is 64.1 Å². The Kier molecular flexibility index (Phi) is 7.67. The quantitative estimate of drug-likeness (QED) is 0.758. The van der Waals surface area contributed by atoms with E-state index in [-0.39, 0.29) is 18.2 Å². The average molecular weight is 402 g/mol. The highest BCUT2D eigenvalue weighted by Crippen LogP contribution is 2.27. The van der Waals surface area contributed by atoms with Gasteiger partial charge in [0.05, 0.1) is 6.42 Å². The van der Waals surface area contributed by atoms with E-state index in [1.54, 1.807) is 0 Å². The Balaban J connectivity index is 1.62. The van der Waals surface area contributed by atoms with Crippen LogP contribution in [0, 0.1) is 5.92 Å². The van der Waals surface area contributed by atoms with Crippen molar-refractivity contribution in [3.8, 4) is 0 Å². The molecule has 0 saturated carbocycles. The zero-order valence-electron chi connectivity index (χ0n) is 17.8. The molecule has 2 heterocycles. The summed E-state index contributed by atoms with van der Waals surface area (Å²) in [5.74, 6) is -0.359. The second-order valence-electron chi connectivity index (χ2n) is 8.57. The third-order valence-corrected chi connectivity index (χ3v) is 6.57. The lowest BCUT2D eigenvalue weighted by molar-refractivity contribution is -0.137. The van der Waals surface area contributed by atoms with E-state index in [0.29, 0.717) is 25.4 Å². The number of carbonyl (C=O) groups excluding carboxylic acids is 1. The number of carbonyl (C=O) groups is 2. The van der Waals surface area contributed by atoms with E-state index < -0.39 is 5.97 Å². The number of aliphatic carboxylic acids is 1. The van der Waals surface area contributed by atoms with Gasteiger partial charge in [-0.2, -0.15) is 0 Å². The van der Waals surface area contributed by atoms with Gasteiger partial charge >= 0.3 is 5.97 Å². The molecule has 6 heteroatoms. The average Bonchev–Trinajstić information content (AvgIpc) is 2.73. The zero-order chi connectivity index (χ0) is 20.8. The molecule has 1 N–H and O–H groups in total. The molecule has 0 radical (unpaired) electrons. The number of rotatable bonds is 7. The molecule has 160 valence electrons. The van der Waals surface area contributed by atoms with Crippen LogP contribution in [0.3, 0.4) is 0 Å². The summed E-state index contributed by atoms with van der Waals surface area (Å²) in [6.45, 7) is 7.74. The van der Waals surface area contributed by atoms with Crippen molar-refractivity contribution in [2.45, 2.75) is 45.1 Å². The largest absolute Gasteiger partial charge is 0.481 e. The number of carboxylic acid groups (broad SMARTS) is 1. The summed E-state index contributed by atoms with van der Waals surface area (Å²) in [5.41, 5.74) is 2.33. The smallest absolute Gasteiger partial charge is 0.303 e. The van der Waals surface area contributed by atoms with Crippen LogP contribution in [0.5, 0.6) is 0 Å². The number of aryl methyl sites for hydroxylation is 1. The zero-order valence-corrected chi connectivity index (χ0v) is 17.8. The molecule has 0 unspecified atom stereocenters. The molecule has 29 heavy (non-hydrogen) atoms. The molecular weight excluding hydrogens is 366 g/mol. The van der Waals surface area contributed by atoms with E-state index in [0.717, 1.165) is 51.1 Å². The van der Waals surface area contributed by atoms with Crippen LogP contribution in [0.4, 0.5) is 0 Å². The Labute approximate surface area is 174 Å². The number of likely N-dealkylation sites (N-methyl/N-ethyl adjacent to an activating group) is 1. The standard InChI is InChI=1S/C23H35N3O3/c1-3-18-4-6-19(7-5-18)16-22(27)26-11-10-21(20(17-26)8-9-23(28)29)25-14-12-24(2)13-15-25/h4-7,20-21H,3,8-17H2,1-2H3,(H,28,29)/t20-,21+/m1/s1. The van der Waals surface area contributed by atoms with Crippen LogP contribution in [-0.2, 0) is 22.4 Å². The summed E-state index contributed by atoms with van der Waals surface area (Å²) < 4.78 is 0. The lowest BCUT2D eigenvalue weighted by atomic mass is 9.86. The van der Waals surface area contributed by atoms with Gasteiger partial charge in [-0.05, 0) is 43.4 Å². The van der Waals surface area contributed by atoms with E-state index >= 15 is 0 Å². The summed E-state index contributed by atoms with van der Waals surface area (Å²) in [5, 5.41) is 9.19. The normalized spacial score (nSPS) is 23.9. The predicted octanol–water partition coefficient (Wildman–Crippen LogP) is 2.12. The maximum Gasteiger partial charge on any atom is 0.303 e. The molecule has 1 aromatic carbocycles. The summed E-state index contributed by atoms with van der Waals surface area (Å²) in [6, 6.07) is 8.68. The fraction of sp³-hybridized carbons (Fsp3) is 0.652. The molecule has 0 aromatic heterocycles. The Morgan fingerprint density at radius 2 is 1.69 bits per heavy atom. The van der Waals surface area contributed by atoms with E-state index in [9.17, 15) is 14.7 Å². The lowest BCUT2D eigenvalue weighted by Crippen LogP contribution is -2.57. The minimum atomic E-state index is -0.749. The first-order valence-electron chi connectivity index (χ1n) is 11.0. The van der Waals surface area contributed by atoms with Crippen LogP contribution in [-0.4, -0.2) is 84.0 Å². The van der Waals surface area contributed by atoms with E-state index in [4.69, 9.17) is 0 Å². The van der Waals surface area contributed by atoms with Gasteiger partial charge in [-0.3, -0.25) is 14.5 Å². The Bertz CT molecular complexity index is 683. The van der Waals surface area contributed by atoms with E-state index in [1.165, 1.54) is 5.56 Å². The van der Waals surface area contributed by atoms with Crippen LogP contribution in [0.2, 0.25) is 0 Å². The van der Waals surface area contributed by atoms with Crippen molar-refractivity contribution in [3.05, 3.63) is 35.4 Å². The monoisotopic (exact) mass is 401 g/mol. The SMILES string of the molecule is CCc1ccc(CC(=O)N2CC[C@H](N3CCN(C)CC3)[C@H](CCC(=O)O)C2)cc1. The molecular formula is C23H35N3O3. The molecule has 6 nitrogen and oxygen atoms in total. The van der Waals surface area contributed by atoms with Gasteiger partial charge in [0.2, 0.25) is 5.91 Å². The first-order chi connectivity index (χ1) is 14.0. The van der Waals surface area contributed by atoms with Crippen LogP contribution < -0.4 is 0 Å². The molecule has 2 atom stereocenters. The molecule has 2 fully saturated rings. The molecule has 0 aliphatic carbocycles. The highest BCUT2D eigenvalue weighted by Gasteiger charge is 2.35. The first kappa shape index (κ1) is 21.8. The number of carboxylic acids is 1. The number of hydrogen-bond acceptors (Lipinski definition) is 4. The number of nitrogens with zero attached hydrogens (tertiary/aromatic N) is 3. The number of piperidine rings is 1. The summed E-state index contributed by atoms with van der Waals surface area (Å²) >= 11 is 0. The van der Waals surface area contributed by atoms with Crippen molar-refractivity contribution >= 4 is 11.9 Å². The van der Waals surface area contributed by atoms with Crippen molar-refractivity contribution in [2.24, 2.45) is 5.92 Å². The van der Waals surface area contributed by atoms with Gasteiger partial charge in [-0.25, -0.2) is 0 Å². The lowest BCUT2D eigenvalue weighted by Gasteiger charge is -2.46. The number of benzene rings is 1. The highest BCUT2D eigenvalue weighted by atomic mass is 16.4. The van der Waals surface area contributed by atoms with E-state index in [2.05, 4.69) is 48.0 Å². The van der Waals surface area contributed by atoms with Crippen LogP contribution in [0.15, 0.2) is 24.3 Å². The minimum Gasteiger partial charge on any atom is -0.481 e. The Morgan fingerprint density at radius 3 is 2.31 bits per heavy atom. The van der Waals surface area contributed by atoms with Crippen LogP contribution in [0.1, 0.15) is 37.3 Å². The molecule has 1 aromatic rings. The van der Waals surface area contributed by atoms with Crippen molar-refractivity contribution in [2.75, 3.05) is 46.3 Å². The Hall–Kier alpha value is -1.92. The number of hydrogen-bond donors (Lipinski definition) is 1. The minimum absolute atomic E-state index is 0.159. The number of likely N-dealkylation sites (tertiary alicyclic amines) is 1. The van der Waals surface area contributed by atoms with Crippen molar-refractivity contribution in [3.63, 3.8) is 0 Å². The molecule has 2 aliphatic rings. The third kappa shape index (κ3) is 6.03. The third-order valence-electron chi connectivity index (χ3n) is 6.57. The maximum absolute atomic E-state index is 12.9. The van der Waals surface area contributed by atoms with Gasteiger partial charge in [-0.1, -0.05) is 31.2 Å². The van der Waals surface area contributed by atoms with Crippen molar-refractivity contribution in [1.82, 2.24) is 14.7 Å². The van der Waals surface area contributed by atoms with Gasteiger partial charge in [0.15, 0.2) is 0 Å². The summed E-state index contributed by atoms with van der Waals surface area (Å²) in [6.07, 6.45) is 3.18. The maximum atomic E-state index is 12.9. The molecule has 2 saturated heterocycles. The van der Waals surface area contributed by atoms with Gasteiger partial charge in [0, 0.05) is 51.7 Å². The Morgan fingerprint density at radius 1 is 1.03 bits per heavy atom. The van der Waals surface area contributed by atoms with Gasteiger partial charge in [-0.15, -0.1) is 0 Å². The second-order valence-corrected chi connectivity index (χ2v) is 8.57. The van der Waals surface area contributed by atoms with Crippen LogP contribution >= 0.6 is 0 Å². The molecule has 2 aliphatic heterocycles. The fourth-order valence-electron chi connectivity index (χ4n) is 4.65. The number of amides is 1. The van der Waals surface area contributed by atoms with Gasteiger partial charge < -0.3 is 14.9 Å². The van der Waals surface area contributed by atoms with Gasteiger partial charge in [0.25, 0.3) is 0 Å². The fourth-order valence-corrected chi connectivity index (χ4v) is 4.65.